The summed E-state index contributed by atoms with van der Waals surface area (Å²) in [5, 5.41) is 7.15. The van der Waals surface area contributed by atoms with E-state index in [0.29, 0.717) is 22.7 Å². The maximum atomic E-state index is 13.6. The number of benzene rings is 2. The number of nitrogens with one attached hydrogen (secondary N) is 2. The number of ether oxygens (including phenoxy) is 1. The molecule has 1 amide bonds. The van der Waals surface area contributed by atoms with Gasteiger partial charge in [0.1, 0.15) is 5.75 Å². The van der Waals surface area contributed by atoms with E-state index < -0.39 is 5.92 Å². The van der Waals surface area contributed by atoms with Gasteiger partial charge in [0, 0.05) is 15.7 Å². The Morgan fingerprint density at radius 2 is 1.97 bits per heavy atom. The van der Waals surface area contributed by atoms with E-state index in [-0.39, 0.29) is 5.91 Å². The summed E-state index contributed by atoms with van der Waals surface area (Å²) in [6.07, 6.45) is 2.15. The largest absolute Gasteiger partial charge is 0.495 e. The highest BCUT2D eigenvalue weighted by Gasteiger charge is 2.36. The van der Waals surface area contributed by atoms with Crippen molar-refractivity contribution in [2.75, 3.05) is 18.2 Å². The number of dihydropyridines is 1. The third kappa shape index (κ3) is 5.20. The van der Waals surface area contributed by atoms with Gasteiger partial charge in [-0.3, -0.25) is 4.79 Å². The number of halogens is 1. The number of thioether (sulfide) groups is 1. The molecule has 2 aromatic carbocycles. The molecule has 1 heterocycles. The second-order valence-electron chi connectivity index (χ2n) is 7.30. The van der Waals surface area contributed by atoms with Gasteiger partial charge >= 0.3 is 0 Å². The van der Waals surface area contributed by atoms with Crippen molar-refractivity contribution in [1.82, 2.24) is 5.32 Å². The maximum absolute atomic E-state index is 13.6. The molecule has 3 rings (SSSR count). The van der Waals surface area contributed by atoms with Crippen LogP contribution in [0.5, 0.6) is 5.75 Å². The summed E-state index contributed by atoms with van der Waals surface area (Å²) >= 11 is 5.27. The first kappa shape index (κ1) is 24.0. The minimum Gasteiger partial charge on any atom is -0.495 e. The number of amides is 1. The average Bonchev–Trinajstić information content (AvgIpc) is 2.79. The number of carbonyl (C=O) groups excluding carboxylic acids is 1. The van der Waals surface area contributed by atoms with E-state index in [2.05, 4.69) is 38.3 Å². The van der Waals surface area contributed by atoms with Crippen molar-refractivity contribution < 1.29 is 9.53 Å². The zero-order valence-corrected chi connectivity index (χ0v) is 20.8. The Hall–Kier alpha value is -2.69. The van der Waals surface area contributed by atoms with E-state index >= 15 is 0 Å². The third-order valence-corrected chi connectivity index (χ3v) is 7.00. The summed E-state index contributed by atoms with van der Waals surface area (Å²) in [4.78, 5) is 17.5. The van der Waals surface area contributed by atoms with Crippen molar-refractivity contribution in [3.63, 3.8) is 0 Å². The van der Waals surface area contributed by atoms with Gasteiger partial charge in [0.25, 0.3) is 5.91 Å². The monoisotopic (exact) mass is 511 g/mol. The zero-order valence-electron chi connectivity index (χ0n) is 18.4. The van der Waals surface area contributed by atoms with Crippen molar-refractivity contribution in [2.24, 2.45) is 0 Å². The standard InChI is InChI=1S/C25H26BrN3O2S/c1-5-6-15-32-25-23(27-3)22(17-11-7-8-12-18(17)26)21(16(2)28-25)24(30)29-19-13-9-10-14-20(19)31-4/h7-14,22,28H,5-6,15H2,1-2,4H3,(H,29,30). The molecule has 166 valence electrons. The lowest BCUT2D eigenvalue weighted by molar-refractivity contribution is -0.113. The molecule has 0 aromatic heterocycles. The van der Waals surface area contributed by atoms with Gasteiger partial charge in [-0.1, -0.05) is 59.6 Å². The van der Waals surface area contributed by atoms with Gasteiger partial charge in [0.05, 0.1) is 30.3 Å². The number of carbonyl (C=O) groups is 1. The lowest BCUT2D eigenvalue weighted by Crippen LogP contribution is -2.30. The van der Waals surface area contributed by atoms with Crippen LogP contribution >= 0.6 is 27.7 Å². The summed E-state index contributed by atoms with van der Waals surface area (Å²) in [6.45, 7) is 12.0. The van der Waals surface area contributed by atoms with Crippen molar-refractivity contribution in [1.29, 1.82) is 0 Å². The minimum atomic E-state index is -0.483. The predicted octanol–water partition coefficient (Wildman–Crippen LogP) is 6.68. The second kappa shape index (κ2) is 11.3. The molecule has 2 aromatic rings. The number of methoxy groups -OCH3 is 1. The number of hydrogen-bond acceptors (Lipinski definition) is 4. The molecule has 32 heavy (non-hydrogen) atoms. The Morgan fingerprint density at radius 3 is 2.66 bits per heavy atom. The SMILES string of the molecule is [C-]#[N+]C1=C(SCCCC)NC(C)=C(C(=O)Nc2ccccc2OC)C1c1ccccc1Br. The molecular formula is C25H26BrN3O2S. The molecule has 0 bridgehead atoms. The Kier molecular flexibility index (Phi) is 8.43. The number of nitrogens with zero attached hydrogens (tertiary/aromatic N) is 1. The number of allylic oxidation sites excluding steroid dienone is 2. The predicted molar refractivity (Wildman–Crippen MR) is 135 cm³/mol. The number of para-hydroxylation sites is 2. The molecule has 1 unspecified atom stereocenters. The molecule has 5 nitrogen and oxygen atoms in total. The molecule has 2 N–H and O–H groups in total. The maximum Gasteiger partial charge on any atom is 0.253 e. The van der Waals surface area contributed by atoms with Gasteiger partial charge in [0.2, 0.25) is 5.70 Å². The molecule has 1 atom stereocenters. The van der Waals surface area contributed by atoms with Crippen molar-refractivity contribution in [3.8, 4) is 5.75 Å². The first-order valence-electron chi connectivity index (χ1n) is 10.4. The average molecular weight is 512 g/mol. The molecule has 1 aliphatic rings. The summed E-state index contributed by atoms with van der Waals surface area (Å²) in [5.74, 6) is 0.746. The van der Waals surface area contributed by atoms with Crippen LogP contribution in [0.25, 0.3) is 4.85 Å². The summed E-state index contributed by atoms with van der Waals surface area (Å²) in [7, 11) is 1.57. The molecule has 7 heteroatoms. The Labute approximate surface area is 202 Å². The van der Waals surface area contributed by atoms with E-state index in [4.69, 9.17) is 11.3 Å². The van der Waals surface area contributed by atoms with Crippen LogP contribution in [0.2, 0.25) is 0 Å². The van der Waals surface area contributed by atoms with Crippen LogP contribution in [0.3, 0.4) is 0 Å². The highest BCUT2D eigenvalue weighted by atomic mass is 79.9. The van der Waals surface area contributed by atoms with Crippen molar-refractivity contribution in [3.05, 3.63) is 92.0 Å². The molecule has 1 aliphatic heterocycles. The number of rotatable bonds is 8. The highest BCUT2D eigenvalue weighted by Crippen LogP contribution is 2.44. The molecule has 0 radical (unpaired) electrons. The fourth-order valence-electron chi connectivity index (χ4n) is 3.58. The molecule has 0 saturated heterocycles. The van der Waals surface area contributed by atoms with Gasteiger partial charge in [0.15, 0.2) is 0 Å². The van der Waals surface area contributed by atoms with E-state index in [1.54, 1.807) is 31.0 Å². The Bertz CT molecular complexity index is 1100. The third-order valence-electron chi connectivity index (χ3n) is 5.18. The van der Waals surface area contributed by atoms with Crippen LogP contribution in [0, 0.1) is 6.57 Å². The van der Waals surface area contributed by atoms with E-state index in [0.717, 1.165) is 39.4 Å². The van der Waals surface area contributed by atoms with Crippen LogP contribution < -0.4 is 15.4 Å². The van der Waals surface area contributed by atoms with Crippen LogP contribution in [0.4, 0.5) is 5.69 Å². The highest BCUT2D eigenvalue weighted by molar-refractivity contribution is 9.10. The van der Waals surface area contributed by atoms with Crippen molar-refractivity contribution in [2.45, 2.75) is 32.6 Å². The Balaban J connectivity index is 2.07. The van der Waals surface area contributed by atoms with Gasteiger partial charge in [-0.2, -0.15) is 0 Å². The van der Waals surface area contributed by atoms with Gasteiger partial charge < -0.3 is 15.4 Å². The van der Waals surface area contributed by atoms with Crippen molar-refractivity contribution >= 4 is 39.3 Å². The zero-order chi connectivity index (χ0) is 23.1. The summed E-state index contributed by atoms with van der Waals surface area (Å²) < 4.78 is 6.25. The van der Waals surface area contributed by atoms with Crippen LogP contribution in [0.1, 0.15) is 38.2 Å². The topological polar surface area (TPSA) is 54.7 Å². The molecule has 0 saturated carbocycles. The first-order valence-corrected chi connectivity index (χ1v) is 12.2. The van der Waals surface area contributed by atoms with Crippen LogP contribution in [0.15, 0.2) is 75.0 Å². The smallest absolute Gasteiger partial charge is 0.253 e. The quantitative estimate of drug-likeness (QED) is 0.306. The van der Waals surface area contributed by atoms with Crippen LogP contribution in [-0.2, 0) is 4.79 Å². The van der Waals surface area contributed by atoms with E-state index in [1.165, 1.54) is 0 Å². The molecular weight excluding hydrogens is 486 g/mol. The fraction of sp³-hybridized carbons (Fsp3) is 0.280. The van der Waals surface area contributed by atoms with Gasteiger partial charge in [-0.25, -0.2) is 4.85 Å². The Morgan fingerprint density at radius 1 is 1.25 bits per heavy atom. The van der Waals surface area contributed by atoms with E-state index in [1.807, 2.05) is 43.3 Å². The lowest BCUT2D eigenvalue weighted by atomic mass is 9.85. The molecule has 0 aliphatic carbocycles. The fourth-order valence-corrected chi connectivity index (χ4v) is 5.27. The molecule has 0 spiro atoms. The van der Waals surface area contributed by atoms with E-state index in [9.17, 15) is 4.79 Å². The number of hydrogen-bond donors (Lipinski definition) is 2. The second-order valence-corrected chi connectivity index (χ2v) is 9.26. The summed E-state index contributed by atoms with van der Waals surface area (Å²) in [6, 6.07) is 15.1. The first-order chi connectivity index (χ1) is 15.5. The lowest BCUT2D eigenvalue weighted by Gasteiger charge is -2.30. The normalized spacial score (nSPS) is 15.8. The summed E-state index contributed by atoms with van der Waals surface area (Å²) in [5.41, 5.74) is 3.27. The minimum absolute atomic E-state index is 0.265. The number of anilines is 1. The van der Waals surface area contributed by atoms with Gasteiger partial charge in [-0.15, -0.1) is 11.8 Å². The number of unbranched alkanes of at least 4 members (excludes halogenated alkanes) is 1. The molecule has 0 fully saturated rings. The van der Waals surface area contributed by atoms with Gasteiger partial charge in [-0.05, 0) is 42.9 Å². The van der Waals surface area contributed by atoms with Crippen LogP contribution in [-0.4, -0.2) is 18.8 Å².